The lowest BCUT2D eigenvalue weighted by Crippen LogP contribution is -2.44. The monoisotopic (exact) mass is 371 g/mol. The maximum atomic E-state index is 12.2. The van der Waals surface area contributed by atoms with Gasteiger partial charge in [0.2, 0.25) is 6.23 Å². The Morgan fingerprint density at radius 2 is 1.93 bits per heavy atom. The minimum atomic E-state index is -0.744. The lowest BCUT2D eigenvalue weighted by Gasteiger charge is -2.27. The van der Waals surface area contributed by atoms with Crippen LogP contribution in [0.3, 0.4) is 0 Å². The van der Waals surface area contributed by atoms with Gasteiger partial charge in [-0.1, -0.05) is 30.3 Å². The Hall–Kier alpha value is -2.57. The highest BCUT2D eigenvalue weighted by Gasteiger charge is 2.41. The third-order valence-electron chi connectivity index (χ3n) is 4.65. The molecule has 1 heterocycles. The molecule has 1 unspecified atom stereocenters. The summed E-state index contributed by atoms with van der Waals surface area (Å²) in [5.74, 6) is 0.600. The molecule has 3 rings (SSSR count). The molecule has 1 saturated heterocycles. The van der Waals surface area contributed by atoms with Crippen molar-refractivity contribution in [3.05, 3.63) is 60.2 Å². The van der Waals surface area contributed by atoms with Crippen molar-refractivity contribution in [1.82, 2.24) is 4.90 Å². The molecule has 0 radical (unpaired) electrons. The summed E-state index contributed by atoms with van der Waals surface area (Å²) in [6.45, 7) is 2.98. The Labute approximate surface area is 159 Å². The first-order valence-corrected chi connectivity index (χ1v) is 9.01. The van der Waals surface area contributed by atoms with Gasteiger partial charge in [-0.05, 0) is 43.2 Å². The van der Waals surface area contributed by atoms with Gasteiger partial charge in [-0.2, -0.15) is 0 Å². The van der Waals surface area contributed by atoms with E-state index in [1.165, 1.54) is 7.11 Å². The summed E-state index contributed by atoms with van der Waals surface area (Å²) in [4.78, 5) is 14.2. The van der Waals surface area contributed by atoms with Crippen LogP contribution in [0.1, 0.15) is 12.5 Å². The summed E-state index contributed by atoms with van der Waals surface area (Å²) in [5, 5.41) is 9.43. The van der Waals surface area contributed by atoms with E-state index in [4.69, 9.17) is 14.2 Å². The largest absolute Gasteiger partial charge is 0.508 e. The number of carbonyl (C=O) groups is 1. The van der Waals surface area contributed by atoms with Crippen molar-refractivity contribution in [1.29, 1.82) is 0 Å². The Morgan fingerprint density at radius 1 is 1.22 bits per heavy atom. The first-order chi connectivity index (χ1) is 13.1. The number of ether oxygens (including phenoxy) is 3. The van der Waals surface area contributed by atoms with Crippen LogP contribution in [0.5, 0.6) is 11.5 Å². The molecule has 27 heavy (non-hydrogen) atoms. The highest BCUT2D eigenvalue weighted by Crippen LogP contribution is 2.24. The van der Waals surface area contributed by atoms with Gasteiger partial charge in [-0.25, -0.2) is 4.79 Å². The fourth-order valence-corrected chi connectivity index (χ4v) is 3.23. The van der Waals surface area contributed by atoms with Crippen LogP contribution in [-0.4, -0.2) is 54.6 Å². The number of benzene rings is 2. The van der Waals surface area contributed by atoms with Gasteiger partial charge in [-0.15, -0.1) is 0 Å². The van der Waals surface area contributed by atoms with E-state index in [9.17, 15) is 9.90 Å². The van der Waals surface area contributed by atoms with Crippen molar-refractivity contribution in [3.8, 4) is 11.5 Å². The number of para-hydroxylation sites is 1. The van der Waals surface area contributed by atoms with E-state index in [0.29, 0.717) is 13.2 Å². The van der Waals surface area contributed by atoms with Crippen molar-refractivity contribution >= 4 is 5.97 Å². The van der Waals surface area contributed by atoms with Gasteiger partial charge in [0, 0.05) is 12.6 Å². The Balaban J connectivity index is 1.64. The number of esters is 1. The highest BCUT2D eigenvalue weighted by molar-refractivity contribution is 5.74. The number of phenols is 1. The quantitative estimate of drug-likeness (QED) is 0.755. The summed E-state index contributed by atoms with van der Waals surface area (Å²) in [6, 6.07) is 16.7. The molecule has 1 fully saturated rings. The molecule has 0 spiro atoms. The Morgan fingerprint density at radius 3 is 2.59 bits per heavy atom. The standard InChI is InChI=1S/C21H25NO5/c1-15(12-16-8-10-17(23)11-9-16)22-13-19(27-20(22)21(24)25-2)14-26-18-6-4-3-5-7-18/h3-11,15,19-20,23H,12-14H2,1-2H3/t15-,19?,20+/m1/s1. The molecule has 3 atom stereocenters. The predicted octanol–water partition coefficient (Wildman–Crippen LogP) is 2.60. The molecule has 0 bridgehead atoms. The van der Waals surface area contributed by atoms with Gasteiger partial charge >= 0.3 is 5.97 Å². The molecule has 144 valence electrons. The molecule has 2 aromatic rings. The second-order valence-electron chi connectivity index (χ2n) is 6.67. The molecule has 2 aromatic carbocycles. The molecule has 0 amide bonds. The van der Waals surface area contributed by atoms with Crippen molar-refractivity contribution in [3.63, 3.8) is 0 Å². The molecule has 6 heteroatoms. The summed E-state index contributed by atoms with van der Waals surface area (Å²) in [5.41, 5.74) is 1.08. The predicted molar refractivity (Wildman–Crippen MR) is 101 cm³/mol. The van der Waals surface area contributed by atoms with Crippen LogP contribution in [0.25, 0.3) is 0 Å². The van der Waals surface area contributed by atoms with Crippen molar-refractivity contribution < 1.29 is 24.1 Å². The van der Waals surface area contributed by atoms with Gasteiger partial charge < -0.3 is 19.3 Å². The zero-order chi connectivity index (χ0) is 19.2. The number of aromatic hydroxyl groups is 1. The highest BCUT2D eigenvalue weighted by atomic mass is 16.6. The smallest absolute Gasteiger partial charge is 0.350 e. The van der Waals surface area contributed by atoms with E-state index in [-0.39, 0.29) is 17.9 Å². The molecule has 1 aliphatic rings. The molecule has 6 nitrogen and oxygen atoms in total. The molecular weight excluding hydrogens is 346 g/mol. The topological polar surface area (TPSA) is 68.2 Å². The molecule has 0 saturated carbocycles. The van der Waals surface area contributed by atoms with E-state index < -0.39 is 12.2 Å². The number of methoxy groups -OCH3 is 1. The molecule has 0 aliphatic carbocycles. The molecule has 1 N–H and O–H groups in total. The van der Waals surface area contributed by atoms with E-state index in [1.54, 1.807) is 12.1 Å². The SMILES string of the molecule is COC(=O)[C@@H]1OC(COc2ccccc2)CN1[C@H](C)Cc1ccc(O)cc1. The third kappa shape index (κ3) is 4.99. The zero-order valence-corrected chi connectivity index (χ0v) is 15.6. The minimum absolute atomic E-state index is 0.0559. The normalized spacial score (nSPS) is 21.0. The average molecular weight is 371 g/mol. The average Bonchev–Trinajstić information content (AvgIpc) is 3.13. The number of hydrogen-bond acceptors (Lipinski definition) is 6. The molecule has 1 aliphatic heterocycles. The fraction of sp³-hybridized carbons (Fsp3) is 0.381. The van der Waals surface area contributed by atoms with Crippen molar-refractivity contribution in [2.75, 3.05) is 20.3 Å². The van der Waals surface area contributed by atoms with Crippen LogP contribution in [-0.2, 0) is 20.7 Å². The van der Waals surface area contributed by atoms with Gasteiger partial charge in [0.15, 0.2) is 0 Å². The maximum Gasteiger partial charge on any atom is 0.350 e. The van der Waals surface area contributed by atoms with Crippen LogP contribution in [0, 0.1) is 0 Å². The van der Waals surface area contributed by atoms with Gasteiger partial charge in [-0.3, -0.25) is 4.90 Å². The van der Waals surface area contributed by atoms with Crippen molar-refractivity contribution in [2.45, 2.75) is 31.7 Å². The van der Waals surface area contributed by atoms with E-state index in [1.807, 2.05) is 54.3 Å². The van der Waals surface area contributed by atoms with Gasteiger partial charge in [0.1, 0.15) is 24.2 Å². The summed E-state index contributed by atoms with van der Waals surface area (Å²) >= 11 is 0. The van der Waals surface area contributed by atoms with E-state index in [2.05, 4.69) is 0 Å². The van der Waals surface area contributed by atoms with Crippen LogP contribution in [0.15, 0.2) is 54.6 Å². The third-order valence-corrected chi connectivity index (χ3v) is 4.65. The summed E-state index contributed by atoms with van der Waals surface area (Å²) < 4.78 is 16.6. The van der Waals surface area contributed by atoms with Crippen LogP contribution >= 0.6 is 0 Å². The van der Waals surface area contributed by atoms with Crippen LogP contribution in [0.2, 0.25) is 0 Å². The first kappa shape index (κ1) is 19.2. The van der Waals surface area contributed by atoms with Gasteiger partial charge in [0.25, 0.3) is 0 Å². The summed E-state index contributed by atoms with van der Waals surface area (Å²) in [6.07, 6.45) is -0.244. The molecule has 0 aromatic heterocycles. The minimum Gasteiger partial charge on any atom is -0.508 e. The van der Waals surface area contributed by atoms with Crippen molar-refractivity contribution in [2.24, 2.45) is 0 Å². The molecular formula is C21H25NO5. The Bertz CT molecular complexity index is 734. The van der Waals surface area contributed by atoms with E-state index in [0.717, 1.165) is 17.7 Å². The zero-order valence-electron chi connectivity index (χ0n) is 15.6. The second-order valence-corrected chi connectivity index (χ2v) is 6.67. The number of rotatable bonds is 7. The lowest BCUT2D eigenvalue weighted by molar-refractivity contribution is -0.162. The van der Waals surface area contributed by atoms with Gasteiger partial charge in [0.05, 0.1) is 7.11 Å². The lowest BCUT2D eigenvalue weighted by atomic mass is 10.1. The second kappa shape index (κ2) is 8.88. The van der Waals surface area contributed by atoms with Crippen LogP contribution < -0.4 is 4.74 Å². The number of carbonyl (C=O) groups excluding carboxylic acids is 1. The Kier molecular flexibility index (Phi) is 6.32. The summed E-state index contributed by atoms with van der Waals surface area (Å²) in [7, 11) is 1.36. The van der Waals surface area contributed by atoms with Crippen LogP contribution in [0.4, 0.5) is 0 Å². The first-order valence-electron chi connectivity index (χ1n) is 9.01. The number of hydrogen-bond donors (Lipinski definition) is 1. The number of nitrogens with zero attached hydrogens (tertiary/aromatic N) is 1. The number of phenolic OH excluding ortho intramolecular Hbond substituents is 1. The van der Waals surface area contributed by atoms with E-state index >= 15 is 0 Å². The fourth-order valence-electron chi connectivity index (χ4n) is 3.23. The maximum absolute atomic E-state index is 12.2.